The SMILES string of the molecule is CN=C(NCCc1cccs1)NCc1ccc(OCC(F)(F)F)nc1.I. The molecule has 0 amide bonds. The fourth-order valence-corrected chi connectivity index (χ4v) is 2.63. The number of aromatic nitrogens is 1. The zero-order chi connectivity index (χ0) is 18.1. The summed E-state index contributed by atoms with van der Waals surface area (Å²) in [6.45, 7) is -0.147. The number of guanidine groups is 1. The number of aliphatic imine (C=N–C) groups is 1. The number of thiophene rings is 1. The van der Waals surface area contributed by atoms with Crippen LogP contribution < -0.4 is 15.4 Å². The molecule has 0 aliphatic carbocycles. The summed E-state index contributed by atoms with van der Waals surface area (Å²) in [5, 5.41) is 8.36. The number of pyridine rings is 1. The zero-order valence-corrected chi connectivity index (χ0v) is 17.2. The Kier molecular flexibility index (Phi) is 9.70. The highest BCUT2D eigenvalue weighted by atomic mass is 127. The van der Waals surface area contributed by atoms with Crippen LogP contribution in [0.3, 0.4) is 0 Å². The van der Waals surface area contributed by atoms with E-state index in [9.17, 15) is 13.2 Å². The third-order valence-electron chi connectivity index (χ3n) is 3.11. The Labute approximate surface area is 171 Å². The number of rotatable bonds is 7. The molecule has 0 radical (unpaired) electrons. The smallest absolute Gasteiger partial charge is 0.422 e. The molecular weight excluding hydrogens is 480 g/mol. The van der Waals surface area contributed by atoms with Gasteiger partial charge >= 0.3 is 6.18 Å². The fourth-order valence-electron chi connectivity index (χ4n) is 1.92. The van der Waals surface area contributed by atoms with E-state index in [-0.39, 0.29) is 29.9 Å². The molecule has 0 spiro atoms. The predicted octanol–water partition coefficient (Wildman–Crippen LogP) is 3.61. The van der Waals surface area contributed by atoms with Gasteiger partial charge < -0.3 is 15.4 Å². The molecule has 0 saturated heterocycles. The molecule has 0 atom stereocenters. The van der Waals surface area contributed by atoms with Crippen molar-refractivity contribution in [2.75, 3.05) is 20.2 Å². The van der Waals surface area contributed by atoms with Crippen molar-refractivity contribution in [3.05, 3.63) is 46.3 Å². The summed E-state index contributed by atoms with van der Waals surface area (Å²) in [6.07, 6.45) is -1.99. The van der Waals surface area contributed by atoms with Gasteiger partial charge in [0, 0.05) is 37.3 Å². The molecule has 0 aliphatic heterocycles. The van der Waals surface area contributed by atoms with Crippen molar-refractivity contribution in [1.82, 2.24) is 15.6 Å². The van der Waals surface area contributed by atoms with Gasteiger partial charge in [-0.25, -0.2) is 4.98 Å². The quantitative estimate of drug-likeness (QED) is 0.347. The van der Waals surface area contributed by atoms with E-state index in [0.717, 1.165) is 18.5 Å². The van der Waals surface area contributed by atoms with Crippen LogP contribution in [-0.2, 0) is 13.0 Å². The fraction of sp³-hybridized carbons (Fsp3) is 0.375. The average molecular weight is 500 g/mol. The minimum Gasteiger partial charge on any atom is -0.468 e. The predicted molar refractivity (Wildman–Crippen MR) is 107 cm³/mol. The monoisotopic (exact) mass is 500 g/mol. The normalized spacial score (nSPS) is 11.6. The van der Waals surface area contributed by atoms with E-state index >= 15 is 0 Å². The number of halogens is 4. The van der Waals surface area contributed by atoms with Gasteiger partial charge in [-0.3, -0.25) is 4.99 Å². The second-order valence-electron chi connectivity index (χ2n) is 5.09. The van der Waals surface area contributed by atoms with E-state index in [0.29, 0.717) is 12.5 Å². The first-order chi connectivity index (χ1) is 12.0. The van der Waals surface area contributed by atoms with Gasteiger partial charge in [0.1, 0.15) is 0 Å². The summed E-state index contributed by atoms with van der Waals surface area (Å²) in [6, 6.07) is 7.17. The van der Waals surface area contributed by atoms with Crippen molar-refractivity contribution >= 4 is 41.3 Å². The largest absolute Gasteiger partial charge is 0.468 e. The molecule has 2 aromatic heterocycles. The van der Waals surface area contributed by atoms with Crippen LogP contribution in [0.15, 0.2) is 40.8 Å². The molecule has 0 aromatic carbocycles. The molecule has 0 saturated carbocycles. The Bertz CT molecular complexity index is 663. The van der Waals surface area contributed by atoms with Crippen LogP contribution >= 0.6 is 35.3 Å². The molecule has 2 heterocycles. The van der Waals surface area contributed by atoms with E-state index in [2.05, 4.69) is 31.4 Å². The average Bonchev–Trinajstić information content (AvgIpc) is 3.10. The van der Waals surface area contributed by atoms with Crippen LogP contribution in [-0.4, -0.2) is 37.3 Å². The maximum Gasteiger partial charge on any atom is 0.422 e. The maximum absolute atomic E-state index is 12.1. The summed E-state index contributed by atoms with van der Waals surface area (Å²) in [5.74, 6) is 0.591. The van der Waals surface area contributed by atoms with Gasteiger partial charge in [-0.1, -0.05) is 12.1 Å². The van der Waals surface area contributed by atoms with Crippen LogP contribution in [0, 0.1) is 0 Å². The summed E-state index contributed by atoms with van der Waals surface area (Å²) in [4.78, 5) is 9.28. The Hall–Kier alpha value is -1.56. The molecule has 2 N–H and O–H groups in total. The Balaban J connectivity index is 0.00000338. The van der Waals surface area contributed by atoms with Crippen LogP contribution in [0.25, 0.3) is 0 Å². The third-order valence-corrected chi connectivity index (χ3v) is 4.04. The molecule has 2 rings (SSSR count). The summed E-state index contributed by atoms with van der Waals surface area (Å²) in [7, 11) is 1.67. The molecule has 10 heteroatoms. The molecule has 0 bridgehead atoms. The number of hydrogen-bond donors (Lipinski definition) is 2. The number of nitrogens with zero attached hydrogens (tertiary/aromatic N) is 2. The van der Waals surface area contributed by atoms with Gasteiger partial charge in [0.2, 0.25) is 5.88 Å². The molecule has 2 aromatic rings. The van der Waals surface area contributed by atoms with Crippen LogP contribution in [0.2, 0.25) is 0 Å². The van der Waals surface area contributed by atoms with Gasteiger partial charge in [-0.2, -0.15) is 13.2 Å². The molecule has 0 fully saturated rings. The van der Waals surface area contributed by atoms with Crippen molar-refractivity contribution < 1.29 is 17.9 Å². The van der Waals surface area contributed by atoms with E-state index < -0.39 is 12.8 Å². The minimum atomic E-state index is -4.37. The summed E-state index contributed by atoms with van der Waals surface area (Å²) >= 11 is 1.71. The highest BCUT2D eigenvalue weighted by molar-refractivity contribution is 14.0. The van der Waals surface area contributed by atoms with Crippen molar-refractivity contribution in [2.24, 2.45) is 4.99 Å². The molecule has 5 nitrogen and oxygen atoms in total. The number of nitrogens with one attached hydrogen (secondary N) is 2. The third kappa shape index (κ3) is 8.70. The van der Waals surface area contributed by atoms with Crippen LogP contribution in [0.5, 0.6) is 5.88 Å². The highest BCUT2D eigenvalue weighted by Gasteiger charge is 2.28. The van der Waals surface area contributed by atoms with E-state index in [1.165, 1.54) is 17.1 Å². The lowest BCUT2D eigenvalue weighted by Crippen LogP contribution is -2.37. The van der Waals surface area contributed by atoms with Crippen molar-refractivity contribution in [3.63, 3.8) is 0 Å². The summed E-state index contributed by atoms with van der Waals surface area (Å²) < 4.78 is 40.8. The zero-order valence-electron chi connectivity index (χ0n) is 14.0. The van der Waals surface area contributed by atoms with Gasteiger partial charge in [0.05, 0.1) is 0 Å². The Morgan fingerprint density at radius 1 is 1.27 bits per heavy atom. The van der Waals surface area contributed by atoms with E-state index in [1.807, 2.05) is 11.4 Å². The standard InChI is InChI=1S/C16H19F3N4OS.HI/c1-20-15(21-7-6-13-3-2-8-25-13)23-10-12-4-5-14(22-9-12)24-11-16(17,18)19;/h2-5,8-9H,6-7,10-11H2,1H3,(H2,20,21,23);1H. The molecule has 144 valence electrons. The summed E-state index contributed by atoms with van der Waals surface area (Å²) in [5.41, 5.74) is 0.806. The Morgan fingerprint density at radius 2 is 2.08 bits per heavy atom. The van der Waals surface area contributed by atoms with Crippen molar-refractivity contribution in [2.45, 2.75) is 19.1 Å². The first-order valence-corrected chi connectivity index (χ1v) is 8.45. The van der Waals surface area contributed by atoms with Crippen molar-refractivity contribution in [3.8, 4) is 5.88 Å². The minimum absolute atomic E-state index is 0. The number of ether oxygens (including phenoxy) is 1. The lowest BCUT2D eigenvalue weighted by Gasteiger charge is -2.12. The van der Waals surface area contributed by atoms with Gasteiger partial charge in [0.15, 0.2) is 12.6 Å². The first kappa shape index (κ1) is 22.5. The van der Waals surface area contributed by atoms with Gasteiger partial charge in [-0.05, 0) is 23.4 Å². The lowest BCUT2D eigenvalue weighted by molar-refractivity contribution is -0.154. The highest BCUT2D eigenvalue weighted by Crippen LogP contribution is 2.17. The van der Waals surface area contributed by atoms with Crippen molar-refractivity contribution in [1.29, 1.82) is 0 Å². The van der Waals surface area contributed by atoms with Gasteiger partial charge in [-0.15, -0.1) is 35.3 Å². The van der Waals surface area contributed by atoms with E-state index in [1.54, 1.807) is 24.5 Å². The first-order valence-electron chi connectivity index (χ1n) is 7.57. The van der Waals surface area contributed by atoms with E-state index in [4.69, 9.17) is 0 Å². The second-order valence-corrected chi connectivity index (χ2v) is 6.12. The molecule has 0 unspecified atom stereocenters. The molecule has 0 aliphatic rings. The maximum atomic E-state index is 12.1. The molecular formula is C16H20F3IN4OS. The number of hydrogen-bond acceptors (Lipinski definition) is 4. The molecule has 26 heavy (non-hydrogen) atoms. The van der Waals surface area contributed by atoms with Crippen LogP contribution in [0.1, 0.15) is 10.4 Å². The van der Waals surface area contributed by atoms with Crippen LogP contribution in [0.4, 0.5) is 13.2 Å². The number of alkyl halides is 3. The Morgan fingerprint density at radius 3 is 2.65 bits per heavy atom. The lowest BCUT2D eigenvalue weighted by atomic mass is 10.3. The topological polar surface area (TPSA) is 58.5 Å². The van der Waals surface area contributed by atoms with Gasteiger partial charge in [0.25, 0.3) is 0 Å². The second kappa shape index (κ2) is 11.2.